The van der Waals surface area contributed by atoms with Gasteiger partial charge >= 0.3 is 0 Å². The average Bonchev–Trinajstić information content (AvgIpc) is 4.25. The molecule has 1 atom stereocenters. The summed E-state index contributed by atoms with van der Waals surface area (Å²) in [7, 11) is 0. The Morgan fingerprint density at radius 3 is 1.68 bits per heavy atom. The largest absolute Gasteiger partial charge is 0.358 e. The van der Waals surface area contributed by atoms with E-state index in [-0.39, 0.29) is 0 Å². The van der Waals surface area contributed by atoms with E-state index in [4.69, 9.17) is 9.97 Å². The van der Waals surface area contributed by atoms with Crippen LogP contribution in [0.2, 0.25) is 0 Å². The molecule has 2 aliphatic heterocycles. The van der Waals surface area contributed by atoms with E-state index in [0.29, 0.717) is 5.92 Å². The van der Waals surface area contributed by atoms with Crippen LogP contribution in [0.15, 0.2) is 110 Å². The molecule has 2 saturated heterocycles. The maximum Gasteiger partial charge on any atom is 0.137 e. The molecule has 0 amide bonds. The van der Waals surface area contributed by atoms with Crippen LogP contribution in [0.1, 0.15) is 71.3 Å². The quantitative estimate of drug-likeness (QED) is 0.0641. The number of H-pyrrole nitrogens is 4. The second kappa shape index (κ2) is 20.2. The van der Waals surface area contributed by atoms with Crippen LogP contribution in [0.3, 0.4) is 0 Å². The Bertz CT molecular complexity index is 3480. The SMILES string of the molecule is C=C(Nc1cncc(-c2cc3c(-c4cc5c(N6CCCCC6)nccc5[nH]4)n[nH]c3cn2)c1)C(C)CC.CCNCc1cncc(-c2cc3c(-c4cc5c(N6CCCCC6)nccc5[nH]4)n[nH]c3cn2)c1. The van der Waals surface area contributed by atoms with Crippen LogP contribution in [0.5, 0.6) is 0 Å². The molecule has 0 radical (unpaired) electrons. The second-order valence-corrected chi connectivity index (χ2v) is 18.8. The number of allylic oxidation sites excluding steroid dienone is 1. The molecule has 0 bridgehead atoms. The van der Waals surface area contributed by atoms with Gasteiger partial charge < -0.3 is 30.4 Å². The minimum absolute atomic E-state index is 0.383. The molecule has 2 fully saturated rings. The summed E-state index contributed by atoms with van der Waals surface area (Å²) in [5.74, 6) is 2.50. The minimum Gasteiger partial charge on any atom is -0.358 e. The lowest BCUT2D eigenvalue weighted by Crippen LogP contribution is -2.30. The van der Waals surface area contributed by atoms with Gasteiger partial charge in [-0.25, -0.2) is 9.97 Å². The van der Waals surface area contributed by atoms with Gasteiger partial charge in [-0.05, 0) is 112 Å². The number of nitrogens with zero attached hydrogens (tertiary/aromatic N) is 10. The maximum atomic E-state index is 4.73. The summed E-state index contributed by atoms with van der Waals surface area (Å²) in [6.45, 7) is 16.6. The molecule has 0 spiro atoms. The number of piperidine rings is 2. The molecule has 0 aromatic carbocycles. The van der Waals surface area contributed by atoms with Gasteiger partial charge in [-0.2, -0.15) is 10.2 Å². The maximum absolute atomic E-state index is 4.73. The van der Waals surface area contributed by atoms with Crippen LogP contribution in [0.25, 0.3) is 88.9 Å². The first kappa shape index (κ1) is 45.5. The average molecular weight is 945 g/mol. The van der Waals surface area contributed by atoms with Crippen molar-refractivity contribution in [3.63, 3.8) is 0 Å². The Kier molecular flexibility index (Phi) is 12.9. The normalized spacial score (nSPS) is 14.6. The van der Waals surface area contributed by atoms with Gasteiger partial charge in [0, 0.05) is 102 Å². The first-order chi connectivity index (χ1) is 34.9. The molecule has 6 N–H and O–H groups in total. The summed E-state index contributed by atoms with van der Waals surface area (Å²) < 4.78 is 0. The fourth-order valence-corrected chi connectivity index (χ4v) is 9.81. The second-order valence-electron chi connectivity index (χ2n) is 18.8. The zero-order valence-corrected chi connectivity index (χ0v) is 40.7. The molecular weight excluding hydrogens is 885 g/mol. The van der Waals surface area contributed by atoms with E-state index in [1.165, 1.54) is 38.5 Å². The lowest BCUT2D eigenvalue weighted by molar-refractivity contribution is 0.575. The van der Waals surface area contributed by atoms with E-state index in [2.05, 4.69) is 134 Å². The molecule has 10 aromatic heterocycles. The number of nitrogens with one attached hydrogen (secondary N) is 6. The highest BCUT2D eigenvalue weighted by molar-refractivity contribution is 6.01. The fourth-order valence-electron chi connectivity index (χ4n) is 9.81. The first-order valence-electron chi connectivity index (χ1n) is 25.1. The van der Waals surface area contributed by atoms with Crippen molar-refractivity contribution in [1.29, 1.82) is 0 Å². The van der Waals surface area contributed by atoms with Crippen LogP contribution >= 0.6 is 0 Å². The highest BCUT2D eigenvalue weighted by Gasteiger charge is 2.21. The number of aromatic amines is 4. The van der Waals surface area contributed by atoms with E-state index >= 15 is 0 Å². The highest BCUT2D eigenvalue weighted by atomic mass is 15.2. The van der Waals surface area contributed by atoms with Crippen molar-refractivity contribution in [2.45, 2.75) is 72.3 Å². The lowest BCUT2D eigenvalue weighted by atomic mass is 10.1. The van der Waals surface area contributed by atoms with E-state index in [1.54, 1.807) is 0 Å². The fraction of sp³-hybridized carbons (Fsp3) is 0.309. The number of rotatable bonds is 13. The molecule has 12 heterocycles. The molecule has 16 nitrogen and oxygen atoms in total. The number of fused-ring (bicyclic) bond motifs is 4. The van der Waals surface area contributed by atoms with Crippen molar-refractivity contribution in [2.75, 3.05) is 47.8 Å². The van der Waals surface area contributed by atoms with Crippen molar-refractivity contribution >= 4 is 60.9 Å². The lowest BCUT2D eigenvalue weighted by Gasteiger charge is -2.28. The molecule has 0 saturated carbocycles. The number of aromatic nitrogens is 12. The first-order valence-corrected chi connectivity index (χ1v) is 25.1. The monoisotopic (exact) mass is 945 g/mol. The Hall–Kier alpha value is -7.98. The molecule has 10 aromatic rings. The summed E-state index contributed by atoms with van der Waals surface area (Å²) in [5, 5.41) is 26.6. The summed E-state index contributed by atoms with van der Waals surface area (Å²) in [6.07, 6.45) is 23.4. The third-order valence-electron chi connectivity index (χ3n) is 14.0. The number of hydrogen-bond donors (Lipinski definition) is 6. The molecule has 2 aliphatic rings. The third-order valence-corrected chi connectivity index (χ3v) is 14.0. The van der Waals surface area contributed by atoms with Gasteiger partial charge in [0.1, 0.15) is 23.0 Å². The Morgan fingerprint density at radius 2 is 1.14 bits per heavy atom. The Labute approximate surface area is 412 Å². The molecule has 16 heteroatoms. The zero-order valence-electron chi connectivity index (χ0n) is 40.7. The van der Waals surface area contributed by atoms with E-state index in [1.807, 2.05) is 61.7 Å². The molecule has 12 rings (SSSR count). The molecule has 1 unspecified atom stereocenters. The molecular formula is C55H60N16. The summed E-state index contributed by atoms with van der Waals surface area (Å²) >= 11 is 0. The van der Waals surface area contributed by atoms with Gasteiger partial charge in [-0.3, -0.25) is 30.1 Å². The minimum atomic E-state index is 0.383. The van der Waals surface area contributed by atoms with Crippen molar-refractivity contribution in [3.05, 3.63) is 116 Å². The van der Waals surface area contributed by atoms with Crippen molar-refractivity contribution in [1.82, 2.24) is 65.6 Å². The predicted molar refractivity (Wildman–Crippen MR) is 286 cm³/mol. The summed E-state index contributed by atoms with van der Waals surface area (Å²) in [6, 6.07) is 16.8. The standard InChI is InChI=1S/C29H32N8.C26H28N8/c1-4-18(2)19(3)33-21-12-20(15-30-16-21)25-13-22-27(17-32-25)35-36-28(22)26-14-23-24(34-26)8-9-31-29(23)37-10-6-5-7-11-37;1-2-27-13-17-10-18(15-28-14-17)22-11-19-24(16-30-22)32-33-25(19)23-12-20-21(31-23)6-7-29-26(20)34-8-4-3-5-9-34/h8-9,12-18,33-34H,3-7,10-11H2,1-2H3,(H,35,36);6-7,10-12,14-16,27,31H,2-5,8-9,13H2,1H3,(H,32,33). The van der Waals surface area contributed by atoms with Gasteiger partial charge in [-0.15, -0.1) is 0 Å². The Morgan fingerprint density at radius 1 is 0.606 bits per heavy atom. The molecule has 0 aliphatic carbocycles. The zero-order chi connectivity index (χ0) is 48.3. The van der Waals surface area contributed by atoms with Crippen LogP contribution in [0, 0.1) is 5.92 Å². The van der Waals surface area contributed by atoms with Crippen LogP contribution in [0.4, 0.5) is 17.3 Å². The highest BCUT2D eigenvalue weighted by Crippen LogP contribution is 2.36. The van der Waals surface area contributed by atoms with Crippen molar-refractivity contribution < 1.29 is 0 Å². The van der Waals surface area contributed by atoms with Crippen molar-refractivity contribution in [2.24, 2.45) is 5.92 Å². The third kappa shape index (κ3) is 9.42. The van der Waals surface area contributed by atoms with E-state index in [9.17, 15) is 0 Å². The summed E-state index contributed by atoms with van der Waals surface area (Å²) in [4.78, 5) is 39.6. The number of anilines is 3. The van der Waals surface area contributed by atoms with Gasteiger partial charge in [-0.1, -0.05) is 27.4 Å². The topological polar surface area (TPSA) is 197 Å². The van der Waals surface area contributed by atoms with E-state index < -0.39 is 0 Å². The van der Waals surface area contributed by atoms with E-state index in [0.717, 1.165) is 163 Å². The van der Waals surface area contributed by atoms with Gasteiger partial charge in [0.25, 0.3) is 0 Å². The van der Waals surface area contributed by atoms with Crippen LogP contribution in [-0.4, -0.2) is 93.0 Å². The van der Waals surface area contributed by atoms with Crippen LogP contribution < -0.4 is 20.4 Å². The van der Waals surface area contributed by atoms with Gasteiger partial charge in [0.15, 0.2) is 0 Å². The number of hydrogen-bond acceptors (Lipinski definition) is 12. The molecule has 71 heavy (non-hydrogen) atoms. The number of pyridine rings is 6. The van der Waals surface area contributed by atoms with Gasteiger partial charge in [0.2, 0.25) is 0 Å². The molecule has 360 valence electrons. The predicted octanol–water partition coefficient (Wildman–Crippen LogP) is 11.2. The Balaban J connectivity index is 0.000000155. The van der Waals surface area contributed by atoms with Crippen LogP contribution in [-0.2, 0) is 6.54 Å². The smallest absolute Gasteiger partial charge is 0.137 e. The summed E-state index contributed by atoms with van der Waals surface area (Å²) in [5.41, 5.74) is 14.3. The van der Waals surface area contributed by atoms with Crippen molar-refractivity contribution in [3.8, 4) is 45.3 Å². The van der Waals surface area contributed by atoms with Gasteiger partial charge in [0.05, 0.1) is 69.1 Å².